The lowest BCUT2D eigenvalue weighted by atomic mass is 10.1. The van der Waals surface area contributed by atoms with Gasteiger partial charge in [-0.1, -0.05) is 6.92 Å². The van der Waals surface area contributed by atoms with Gasteiger partial charge in [-0.3, -0.25) is 4.90 Å². The monoisotopic (exact) mass is 218 g/mol. The smallest absolute Gasteiger partial charge is 0.142 e. The molecule has 0 spiro atoms. The van der Waals surface area contributed by atoms with Crippen molar-refractivity contribution in [2.24, 2.45) is 0 Å². The number of nitrogens with one attached hydrogen (secondary N) is 1. The zero-order chi connectivity index (χ0) is 11.1. The van der Waals surface area contributed by atoms with Gasteiger partial charge >= 0.3 is 0 Å². The average Bonchev–Trinajstić information content (AvgIpc) is 2.64. The molecule has 0 saturated heterocycles. The first-order valence-electron chi connectivity index (χ1n) is 6.00. The maximum absolute atomic E-state index is 5.81. The Morgan fingerprint density at radius 2 is 2.12 bits per heavy atom. The number of ether oxygens (including phenoxy) is 1. The fraction of sp³-hybridized carbons (Fsp3) is 0.538. The molecule has 0 fully saturated rings. The maximum Gasteiger partial charge on any atom is 0.142 e. The van der Waals surface area contributed by atoms with Crippen LogP contribution in [0, 0.1) is 0 Å². The molecule has 86 valence electrons. The van der Waals surface area contributed by atoms with Crippen molar-refractivity contribution in [1.82, 2.24) is 4.90 Å². The van der Waals surface area contributed by atoms with E-state index in [1.54, 1.807) is 0 Å². The van der Waals surface area contributed by atoms with Crippen LogP contribution >= 0.6 is 0 Å². The third kappa shape index (κ3) is 1.55. The lowest BCUT2D eigenvalue weighted by molar-refractivity contribution is 0.281. The summed E-state index contributed by atoms with van der Waals surface area (Å²) in [5, 5.41) is 3.55. The molecule has 0 amide bonds. The van der Waals surface area contributed by atoms with Crippen molar-refractivity contribution in [1.29, 1.82) is 0 Å². The van der Waals surface area contributed by atoms with Gasteiger partial charge in [0.1, 0.15) is 12.4 Å². The molecular weight excluding hydrogens is 200 g/mol. The predicted molar refractivity (Wildman–Crippen MR) is 64.8 cm³/mol. The van der Waals surface area contributed by atoms with Crippen LogP contribution in [-0.4, -0.2) is 24.6 Å². The van der Waals surface area contributed by atoms with Crippen molar-refractivity contribution in [2.45, 2.75) is 32.5 Å². The van der Waals surface area contributed by atoms with E-state index < -0.39 is 0 Å². The quantitative estimate of drug-likeness (QED) is 0.782. The van der Waals surface area contributed by atoms with E-state index >= 15 is 0 Å². The normalized spacial score (nSPS) is 23.2. The zero-order valence-corrected chi connectivity index (χ0v) is 9.92. The van der Waals surface area contributed by atoms with Crippen LogP contribution in [0.25, 0.3) is 0 Å². The molecule has 16 heavy (non-hydrogen) atoms. The first kappa shape index (κ1) is 9.97. The molecule has 0 bridgehead atoms. The Balaban J connectivity index is 1.95. The molecule has 2 aliphatic rings. The SMILES string of the molecule is CCC1COc2cc3c(cc2N1)CN(C)C3. The third-order valence-electron chi connectivity index (χ3n) is 3.47. The van der Waals surface area contributed by atoms with E-state index in [0.717, 1.165) is 31.9 Å². The summed E-state index contributed by atoms with van der Waals surface area (Å²) in [7, 11) is 2.15. The minimum atomic E-state index is 0.463. The fourth-order valence-corrected chi connectivity index (χ4v) is 2.50. The summed E-state index contributed by atoms with van der Waals surface area (Å²) in [4.78, 5) is 2.33. The Morgan fingerprint density at radius 1 is 1.38 bits per heavy atom. The van der Waals surface area contributed by atoms with Crippen molar-refractivity contribution >= 4 is 5.69 Å². The highest BCUT2D eigenvalue weighted by Gasteiger charge is 2.23. The average molecular weight is 218 g/mol. The second kappa shape index (κ2) is 3.67. The van der Waals surface area contributed by atoms with Gasteiger partial charge < -0.3 is 10.1 Å². The van der Waals surface area contributed by atoms with Gasteiger partial charge in [-0.15, -0.1) is 0 Å². The van der Waals surface area contributed by atoms with E-state index in [9.17, 15) is 0 Å². The van der Waals surface area contributed by atoms with Crippen molar-refractivity contribution in [3.05, 3.63) is 23.3 Å². The third-order valence-corrected chi connectivity index (χ3v) is 3.47. The molecule has 2 heterocycles. The van der Waals surface area contributed by atoms with Gasteiger partial charge in [-0.25, -0.2) is 0 Å². The largest absolute Gasteiger partial charge is 0.489 e. The first-order valence-corrected chi connectivity index (χ1v) is 6.00. The standard InChI is InChI=1S/C13H18N2O/c1-3-11-8-16-13-5-10-7-15(2)6-9(10)4-12(13)14-11/h4-5,11,14H,3,6-8H2,1-2H3. The lowest BCUT2D eigenvalue weighted by Gasteiger charge is -2.27. The first-order chi connectivity index (χ1) is 7.76. The minimum absolute atomic E-state index is 0.463. The molecule has 3 rings (SSSR count). The number of fused-ring (bicyclic) bond motifs is 2. The highest BCUT2D eigenvalue weighted by Crippen LogP contribution is 2.35. The lowest BCUT2D eigenvalue weighted by Crippen LogP contribution is -2.30. The summed E-state index contributed by atoms with van der Waals surface area (Å²) < 4.78 is 5.81. The molecule has 1 N–H and O–H groups in total. The van der Waals surface area contributed by atoms with Crippen LogP contribution in [-0.2, 0) is 13.1 Å². The van der Waals surface area contributed by atoms with Gasteiger partial charge in [0.15, 0.2) is 0 Å². The summed E-state index contributed by atoms with van der Waals surface area (Å²) in [6, 6.07) is 4.92. The van der Waals surface area contributed by atoms with Crippen LogP contribution in [0.4, 0.5) is 5.69 Å². The van der Waals surface area contributed by atoms with Crippen molar-refractivity contribution in [3.8, 4) is 5.75 Å². The number of benzene rings is 1. The molecule has 1 atom stereocenters. The molecule has 2 aliphatic heterocycles. The highest BCUT2D eigenvalue weighted by molar-refractivity contribution is 5.62. The van der Waals surface area contributed by atoms with E-state index in [-0.39, 0.29) is 0 Å². The van der Waals surface area contributed by atoms with E-state index in [1.165, 1.54) is 16.8 Å². The van der Waals surface area contributed by atoms with Crippen LogP contribution in [0.15, 0.2) is 12.1 Å². The molecule has 0 aliphatic carbocycles. The molecule has 0 saturated carbocycles. The van der Waals surface area contributed by atoms with Crippen LogP contribution < -0.4 is 10.1 Å². The molecule has 1 aromatic carbocycles. The Kier molecular flexibility index (Phi) is 2.28. The fourth-order valence-electron chi connectivity index (χ4n) is 2.50. The Morgan fingerprint density at radius 3 is 2.88 bits per heavy atom. The second-order valence-corrected chi connectivity index (χ2v) is 4.85. The van der Waals surface area contributed by atoms with Crippen molar-refractivity contribution in [2.75, 3.05) is 19.0 Å². The Bertz CT molecular complexity index is 417. The maximum atomic E-state index is 5.81. The Hall–Kier alpha value is -1.22. The number of anilines is 1. The van der Waals surface area contributed by atoms with Crippen LogP contribution in [0.2, 0.25) is 0 Å². The topological polar surface area (TPSA) is 24.5 Å². The van der Waals surface area contributed by atoms with Gasteiger partial charge in [-0.05, 0) is 36.7 Å². The van der Waals surface area contributed by atoms with Gasteiger partial charge in [-0.2, -0.15) is 0 Å². The minimum Gasteiger partial charge on any atom is -0.489 e. The van der Waals surface area contributed by atoms with E-state index in [4.69, 9.17) is 4.74 Å². The summed E-state index contributed by atoms with van der Waals surface area (Å²) in [6.45, 7) is 5.08. The van der Waals surface area contributed by atoms with Crippen LogP contribution in [0.3, 0.4) is 0 Å². The molecule has 1 unspecified atom stereocenters. The Labute approximate surface area is 96.4 Å². The van der Waals surface area contributed by atoms with Gasteiger partial charge in [0.25, 0.3) is 0 Å². The molecule has 0 radical (unpaired) electrons. The van der Waals surface area contributed by atoms with Gasteiger partial charge in [0.2, 0.25) is 0 Å². The summed E-state index contributed by atoms with van der Waals surface area (Å²) in [5.41, 5.74) is 4.03. The van der Waals surface area contributed by atoms with E-state index in [0.29, 0.717) is 6.04 Å². The van der Waals surface area contributed by atoms with Crippen molar-refractivity contribution in [3.63, 3.8) is 0 Å². The summed E-state index contributed by atoms with van der Waals surface area (Å²) in [6.07, 6.45) is 1.11. The zero-order valence-electron chi connectivity index (χ0n) is 9.92. The summed E-state index contributed by atoms with van der Waals surface area (Å²) in [5.74, 6) is 1.03. The number of nitrogens with zero attached hydrogens (tertiary/aromatic N) is 1. The number of hydrogen-bond donors (Lipinski definition) is 1. The van der Waals surface area contributed by atoms with E-state index in [2.05, 4.69) is 36.3 Å². The molecule has 1 aromatic rings. The molecule has 3 nitrogen and oxygen atoms in total. The van der Waals surface area contributed by atoms with E-state index in [1.807, 2.05) is 0 Å². The van der Waals surface area contributed by atoms with Gasteiger partial charge in [0.05, 0.1) is 11.7 Å². The van der Waals surface area contributed by atoms with Crippen LogP contribution in [0.1, 0.15) is 24.5 Å². The second-order valence-electron chi connectivity index (χ2n) is 4.85. The molecule has 3 heteroatoms. The van der Waals surface area contributed by atoms with Crippen LogP contribution in [0.5, 0.6) is 5.75 Å². The van der Waals surface area contributed by atoms with Crippen molar-refractivity contribution < 1.29 is 4.74 Å². The molecular formula is C13H18N2O. The predicted octanol–water partition coefficient (Wildman–Crippen LogP) is 2.21. The highest BCUT2D eigenvalue weighted by atomic mass is 16.5. The number of hydrogen-bond acceptors (Lipinski definition) is 3. The molecule has 0 aromatic heterocycles. The van der Waals surface area contributed by atoms with Gasteiger partial charge in [0, 0.05) is 13.1 Å². The number of rotatable bonds is 1. The summed E-state index contributed by atoms with van der Waals surface area (Å²) >= 11 is 0.